The van der Waals surface area contributed by atoms with Gasteiger partial charge < -0.3 is 4.57 Å². The molecule has 1 aromatic heterocycles. The first-order valence-corrected chi connectivity index (χ1v) is 7.48. The minimum absolute atomic E-state index is 0.0141. The minimum atomic E-state index is -3.89. The molecule has 0 radical (unpaired) electrons. The number of imidazole rings is 1. The average molecular weight is 314 g/mol. The lowest BCUT2D eigenvalue weighted by molar-refractivity contribution is 0.101. The van der Waals surface area contributed by atoms with Crippen molar-refractivity contribution in [1.82, 2.24) is 9.55 Å². The summed E-state index contributed by atoms with van der Waals surface area (Å²) in [5, 5.41) is -0.241. The van der Waals surface area contributed by atoms with Crippen molar-refractivity contribution in [3.63, 3.8) is 0 Å². The third kappa shape index (κ3) is 2.83. The van der Waals surface area contributed by atoms with E-state index in [0.29, 0.717) is 5.56 Å². The molecule has 0 saturated heterocycles. The van der Waals surface area contributed by atoms with E-state index in [-0.39, 0.29) is 21.6 Å². The highest BCUT2D eigenvalue weighted by Crippen LogP contribution is 2.22. The summed E-state index contributed by atoms with van der Waals surface area (Å²) in [4.78, 5) is 15.0. The van der Waals surface area contributed by atoms with Crippen molar-refractivity contribution in [3.05, 3.63) is 41.3 Å². The third-order valence-electron chi connectivity index (χ3n) is 2.61. The number of carbonyl (C=O) groups excluding carboxylic acids is 1. The Morgan fingerprint density at radius 2 is 2.10 bits per heavy atom. The first-order valence-electron chi connectivity index (χ1n) is 5.62. The largest absolute Gasteiger partial charge is 0.324 e. The molecule has 106 valence electrons. The molecule has 0 aliphatic carbocycles. The Bertz CT molecular complexity index is 768. The molecule has 1 heterocycles. The van der Waals surface area contributed by atoms with Gasteiger partial charge in [0.05, 0.1) is 6.33 Å². The van der Waals surface area contributed by atoms with Crippen molar-refractivity contribution in [2.24, 2.45) is 7.05 Å². The van der Waals surface area contributed by atoms with Gasteiger partial charge in [-0.1, -0.05) is 23.7 Å². The molecule has 0 aliphatic rings. The minimum Gasteiger partial charge on any atom is -0.324 e. The van der Waals surface area contributed by atoms with E-state index in [9.17, 15) is 13.2 Å². The number of aryl methyl sites for hydroxylation is 1. The molecule has 0 atom stereocenters. The zero-order chi connectivity index (χ0) is 14.9. The standard InChI is InChI=1S/C12H12ClN3O3S/c1-8(17)9-4-3-5-10(6-9)15-20(18,19)12-11(13)16(2)7-14-12/h3-7,15H,1-2H3. The first kappa shape index (κ1) is 14.5. The number of anilines is 1. The van der Waals surface area contributed by atoms with Crippen LogP contribution in [0, 0.1) is 0 Å². The maximum Gasteiger partial charge on any atom is 0.282 e. The number of aromatic nitrogens is 2. The van der Waals surface area contributed by atoms with Crippen LogP contribution in [-0.2, 0) is 17.1 Å². The van der Waals surface area contributed by atoms with Crippen molar-refractivity contribution in [2.75, 3.05) is 4.72 Å². The lowest BCUT2D eigenvalue weighted by Crippen LogP contribution is -2.14. The number of carbonyl (C=O) groups is 1. The Labute approximate surface area is 121 Å². The number of hydrogen-bond donors (Lipinski definition) is 1. The van der Waals surface area contributed by atoms with Gasteiger partial charge in [0.1, 0.15) is 5.15 Å². The van der Waals surface area contributed by atoms with Crippen LogP contribution in [-0.4, -0.2) is 23.8 Å². The molecular formula is C12H12ClN3O3S. The molecule has 0 aliphatic heterocycles. The van der Waals surface area contributed by atoms with Crippen molar-refractivity contribution in [2.45, 2.75) is 11.9 Å². The van der Waals surface area contributed by atoms with Gasteiger partial charge in [-0.25, -0.2) is 4.98 Å². The van der Waals surface area contributed by atoms with Crippen LogP contribution in [0.1, 0.15) is 17.3 Å². The molecule has 2 aromatic rings. The van der Waals surface area contributed by atoms with Gasteiger partial charge in [0.15, 0.2) is 5.78 Å². The van der Waals surface area contributed by atoms with Crippen LogP contribution in [0.3, 0.4) is 0 Å². The van der Waals surface area contributed by atoms with Crippen molar-refractivity contribution in [3.8, 4) is 0 Å². The second-order valence-corrected chi connectivity index (χ2v) is 6.15. The van der Waals surface area contributed by atoms with Gasteiger partial charge in [-0.15, -0.1) is 0 Å². The fourth-order valence-electron chi connectivity index (χ4n) is 1.58. The summed E-state index contributed by atoms with van der Waals surface area (Å²) in [7, 11) is -2.30. The Hall–Kier alpha value is -1.86. The van der Waals surface area contributed by atoms with Gasteiger partial charge in [0, 0.05) is 18.3 Å². The van der Waals surface area contributed by atoms with Crippen molar-refractivity contribution < 1.29 is 13.2 Å². The topological polar surface area (TPSA) is 81.1 Å². The van der Waals surface area contributed by atoms with Gasteiger partial charge in [-0.05, 0) is 19.1 Å². The number of hydrogen-bond acceptors (Lipinski definition) is 4. The summed E-state index contributed by atoms with van der Waals surface area (Å²) in [6.45, 7) is 1.41. The maximum absolute atomic E-state index is 12.2. The number of rotatable bonds is 4. The number of benzene rings is 1. The number of halogens is 1. The fraction of sp³-hybridized carbons (Fsp3) is 0.167. The normalized spacial score (nSPS) is 11.3. The predicted molar refractivity (Wildman–Crippen MR) is 75.5 cm³/mol. The van der Waals surface area contributed by atoms with E-state index < -0.39 is 10.0 Å². The molecule has 0 saturated carbocycles. The smallest absolute Gasteiger partial charge is 0.282 e. The summed E-state index contributed by atoms with van der Waals surface area (Å²) >= 11 is 5.87. The predicted octanol–water partition coefficient (Wildman–Crippen LogP) is 2.08. The Morgan fingerprint density at radius 3 is 2.65 bits per heavy atom. The van der Waals surface area contributed by atoms with Gasteiger partial charge in [-0.3, -0.25) is 9.52 Å². The monoisotopic (exact) mass is 313 g/mol. The van der Waals surface area contributed by atoms with E-state index in [1.807, 2.05) is 0 Å². The van der Waals surface area contributed by atoms with Crippen LogP contribution < -0.4 is 4.72 Å². The number of Topliss-reactive ketones (excluding diaryl/α,β-unsaturated/α-hetero) is 1. The number of sulfonamides is 1. The highest BCUT2D eigenvalue weighted by atomic mass is 35.5. The summed E-state index contributed by atoms with van der Waals surface area (Å²) in [5.41, 5.74) is 0.691. The number of nitrogens with one attached hydrogen (secondary N) is 1. The van der Waals surface area contributed by atoms with E-state index in [1.54, 1.807) is 25.2 Å². The Morgan fingerprint density at radius 1 is 1.40 bits per heavy atom. The van der Waals surface area contributed by atoms with Crippen LogP contribution in [0.5, 0.6) is 0 Å². The molecule has 1 aromatic carbocycles. The van der Waals surface area contributed by atoms with Gasteiger partial charge in [0.25, 0.3) is 10.0 Å². The molecular weight excluding hydrogens is 302 g/mol. The Kier molecular flexibility index (Phi) is 3.82. The summed E-state index contributed by atoms with van der Waals surface area (Å²) in [6, 6.07) is 6.19. The third-order valence-corrected chi connectivity index (χ3v) is 4.48. The van der Waals surface area contributed by atoms with Crippen LogP contribution >= 0.6 is 11.6 Å². The van der Waals surface area contributed by atoms with Crippen molar-refractivity contribution in [1.29, 1.82) is 0 Å². The molecule has 6 nitrogen and oxygen atoms in total. The van der Waals surface area contributed by atoms with E-state index in [1.165, 1.54) is 23.9 Å². The summed E-state index contributed by atoms with van der Waals surface area (Å²) in [6.07, 6.45) is 1.31. The molecule has 8 heteroatoms. The molecule has 0 spiro atoms. The molecule has 0 unspecified atom stereocenters. The van der Waals surface area contributed by atoms with E-state index in [2.05, 4.69) is 9.71 Å². The van der Waals surface area contributed by atoms with Crippen LogP contribution in [0.4, 0.5) is 5.69 Å². The van der Waals surface area contributed by atoms with Crippen LogP contribution in [0.15, 0.2) is 35.6 Å². The number of ketones is 1. The first-order chi connectivity index (χ1) is 9.31. The molecule has 0 bridgehead atoms. The summed E-state index contributed by atoms with van der Waals surface area (Å²) in [5.74, 6) is -0.151. The average Bonchev–Trinajstić information content (AvgIpc) is 2.70. The van der Waals surface area contributed by atoms with Gasteiger partial charge in [-0.2, -0.15) is 8.42 Å². The number of nitrogens with zero attached hydrogens (tertiary/aromatic N) is 2. The maximum atomic E-state index is 12.2. The highest BCUT2D eigenvalue weighted by Gasteiger charge is 2.22. The second-order valence-electron chi connectivity index (χ2n) is 4.19. The van der Waals surface area contributed by atoms with Crippen LogP contribution in [0.2, 0.25) is 5.15 Å². The zero-order valence-electron chi connectivity index (χ0n) is 10.8. The summed E-state index contributed by atoms with van der Waals surface area (Å²) < 4.78 is 28.1. The van der Waals surface area contributed by atoms with Gasteiger partial charge >= 0.3 is 0 Å². The molecule has 0 amide bonds. The SMILES string of the molecule is CC(=O)c1cccc(NS(=O)(=O)c2ncn(C)c2Cl)c1. The molecule has 20 heavy (non-hydrogen) atoms. The van der Waals surface area contributed by atoms with Gasteiger partial charge in [0.2, 0.25) is 5.03 Å². The highest BCUT2D eigenvalue weighted by molar-refractivity contribution is 7.92. The lowest BCUT2D eigenvalue weighted by atomic mass is 10.1. The molecule has 2 rings (SSSR count). The lowest BCUT2D eigenvalue weighted by Gasteiger charge is -2.07. The van der Waals surface area contributed by atoms with Crippen LogP contribution in [0.25, 0.3) is 0 Å². The molecule has 1 N–H and O–H groups in total. The molecule has 0 fully saturated rings. The quantitative estimate of drug-likeness (QED) is 0.876. The van der Waals surface area contributed by atoms with E-state index >= 15 is 0 Å². The fourth-order valence-corrected chi connectivity index (χ4v) is 3.06. The zero-order valence-corrected chi connectivity index (χ0v) is 12.4. The second kappa shape index (κ2) is 5.26. The van der Waals surface area contributed by atoms with E-state index in [4.69, 9.17) is 11.6 Å². The Balaban J connectivity index is 2.36. The van der Waals surface area contributed by atoms with E-state index in [0.717, 1.165) is 0 Å². The van der Waals surface area contributed by atoms with Crippen molar-refractivity contribution >= 4 is 33.1 Å².